The van der Waals surface area contributed by atoms with Crippen LogP contribution in [0.5, 0.6) is 0 Å². The van der Waals surface area contributed by atoms with E-state index in [2.05, 4.69) is 0 Å². The van der Waals surface area contributed by atoms with Crippen LogP contribution in [-0.2, 0) is 9.59 Å². The molecule has 1 unspecified atom stereocenters. The monoisotopic (exact) mass is 266 g/mol. The fraction of sp³-hybridized carbons (Fsp3) is 0.333. The number of halogens is 1. The lowest BCUT2D eigenvalue weighted by Gasteiger charge is -2.16. The summed E-state index contributed by atoms with van der Waals surface area (Å²) in [5.74, 6) is -2.36. The van der Waals surface area contributed by atoms with Crippen molar-refractivity contribution in [3.63, 3.8) is 0 Å². The van der Waals surface area contributed by atoms with Crippen LogP contribution in [0.2, 0.25) is 0 Å². The third-order valence-corrected chi connectivity index (χ3v) is 3.06. The number of rotatable bonds is 3. The Balaban J connectivity index is 2.56. The van der Waals surface area contributed by atoms with E-state index in [-0.39, 0.29) is 17.8 Å². The molecule has 0 bridgehead atoms. The maximum atomic E-state index is 12.6. The molecule has 1 aromatic rings. The number of nitrogens with zero attached hydrogens (tertiary/aromatic N) is 2. The van der Waals surface area contributed by atoms with Gasteiger partial charge in [-0.05, 0) is 12.5 Å². The number of benzene rings is 1. The van der Waals surface area contributed by atoms with Gasteiger partial charge in [-0.3, -0.25) is 24.1 Å². The summed E-state index contributed by atoms with van der Waals surface area (Å²) in [5, 5.41) is 11.0. The van der Waals surface area contributed by atoms with Gasteiger partial charge in [-0.15, -0.1) is 0 Å². The van der Waals surface area contributed by atoms with Gasteiger partial charge < -0.3 is 0 Å². The van der Waals surface area contributed by atoms with E-state index in [1.165, 1.54) is 12.1 Å². The van der Waals surface area contributed by atoms with Gasteiger partial charge in [-0.25, -0.2) is 4.90 Å². The minimum Gasteiger partial charge on any atom is -0.274 e. The maximum Gasteiger partial charge on any atom is 0.293 e. The van der Waals surface area contributed by atoms with Gasteiger partial charge in [0.1, 0.15) is 12.4 Å². The molecule has 7 heteroatoms. The highest BCUT2D eigenvalue weighted by molar-refractivity contribution is 6.22. The molecule has 2 rings (SSSR count). The summed E-state index contributed by atoms with van der Waals surface area (Å²) < 4.78 is 12.6. The molecule has 0 saturated carbocycles. The van der Waals surface area contributed by atoms with Crippen LogP contribution < -0.4 is 4.90 Å². The predicted molar refractivity (Wildman–Crippen MR) is 64.4 cm³/mol. The number of alkyl halides is 1. The lowest BCUT2D eigenvalue weighted by Crippen LogP contribution is -2.32. The van der Waals surface area contributed by atoms with Crippen molar-refractivity contribution < 1.29 is 18.9 Å². The maximum absolute atomic E-state index is 12.6. The summed E-state index contributed by atoms with van der Waals surface area (Å²) in [7, 11) is 0. The zero-order chi connectivity index (χ0) is 14.2. The van der Waals surface area contributed by atoms with Gasteiger partial charge in [0.25, 0.3) is 5.69 Å². The van der Waals surface area contributed by atoms with Gasteiger partial charge in [0.15, 0.2) is 0 Å². The molecule has 6 nitrogen and oxygen atoms in total. The van der Waals surface area contributed by atoms with Crippen molar-refractivity contribution in [2.45, 2.75) is 13.3 Å². The molecular formula is C12H11FN2O4. The molecule has 100 valence electrons. The summed E-state index contributed by atoms with van der Waals surface area (Å²) >= 11 is 0. The predicted octanol–water partition coefficient (Wildman–Crippen LogP) is 1.75. The Morgan fingerprint density at radius 2 is 2.16 bits per heavy atom. The van der Waals surface area contributed by atoms with Crippen molar-refractivity contribution in [3.8, 4) is 0 Å². The van der Waals surface area contributed by atoms with E-state index in [1.807, 2.05) is 0 Å². The Hall–Kier alpha value is -2.31. The summed E-state index contributed by atoms with van der Waals surface area (Å²) in [6.07, 6.45) is -0.249. The zero-order valence-electron chi connectivity index (χ0n) is 10.1. The molecular weight excluding hydrogens is 255 g/mol. The first-order valence-electron chi connectivity index (χ1n) is 5.64. The molecule has 0 aliphatic carbocycles. The number of hydrogen-bond acceptors (Lipinski definition) is 4. The fourth-order valence-corrected chi connectivity index (χ4v) is 2.13. The van der Waals surface area contributed by atoms with Gasteiger partial charge in [0.2, 0.25) is 11.8 Å². The molecule has 0 spiro atoms. The summed E-state index contributed by atoms with van der Waals surface area (Å²) in [5.41, 5.74) is 0.0371. The Morgan fingerprint density at radius 1 is 1.47 bits per heavy atom. The van der Waals surface area contributed by atoms with Gasteiger partial charge in [0, 0.05) is 12.5 Å². The number of carbonyl (C=O) groups is 2. The number of aryl methyl sites for hydroxylation is 1. The van der Waals surface area contributed by atoms with E-state index >= 15 is 0 Å². The third-order valence-electron chi connectivity index (χ3n) is 3.06. The average molecular weight is 266 g/mol. The van der Waals surface area contributed by atoms with Crippen molar-refractivity contribution >= 4 is 23.2 Å². The van der Waals surface area contributed by atoms with Crippen LogP contribution in [0.1, 0.15) is 12.0 Å². The molecule has 1 heterocycles. The molecule has 1 aromatic carbocycles. The molecule has 0 radical (unpaired) electrons. The van der Waals surface area contributed by atoms with E-state index in [1.54, 1.807) is 13.0 Å². The molecule has 1 atom stereocenters. The standard InChI is InChI=1S/C12H11FN2O4/c1-7-3-2-4-9(15(18)19)11(7)14-10(16)5-8(6-13)12(14)17/h2-4,8H,5-6H2,1H3. The normalized spacial score (nSPS) is 19.1. The van der Waals surface area contributed by atoms with E-state index in [9.17, 15) is 24.1 Å². The van der Waals surface area contributed by atoms with Crippen molar-refractivity contribution in [2.24, 2.45) is 5.92 Å². The van der Waals surface area contributed by atoms with Crippen LogP contribution in [0.4, 0.5) is 15.8 Å². The molecule has 19 heavy (non-hydrogen) atoms. The molecule has 1 aliphatic rings. The number of carbonyl (C=O) groups excluding carboxylic acids is 2. The lowest BCUT2D eigenvalue weighted by atomic mass is 10.1. The number of nitro benzene ring substituents is 1. The Kier molecular flexibility index (Phi) is 3.28. The number of nitro groups is 1. The van der Waals surface area contributed by atoms with Crippen LogP contribution >= 0.6 is 0 Å². The highest BCUT2D eigenvalue weighted by Crippen LogP contribution is 2.36. The number of amides is 2. The van der Waals surface area contributed by atoms with Crippen molar-refractivity contribution in [1.29, 1.82) is 0 Å². The second-order valence-electron chi connectivity index (χ2n) is 4.32. The first-order valence-corrected chi connectivity index (χ1v) is 5.64. The van der Waals surface area contributed by atoms with Crippen LogP contribution in [-0.4, -0.2) is 23.4 Å². The van der Waals surface area contributed by atoms with Crippen LogP contribution in [0.3, 0.4) is 0 Å². The lowest BCUT2D eigenvalue weighted by molar-refractivity contribution is -0.384. The number of anilines is 1. The molecule has 0 aromatic heterocycles. The Morgan fingerprint density at radius 3 is 2.68 bits per heavy atom. The number of hydrogen-bond donors (Lipinski definition) is 0. The number of para-hydroxylation sites is 1. The fourth-order valence-electron chi connectivity index (χ4n) is 2.13. The van der Waals surface area contributed by atoms with E-state index in [4.69, 9.17) is 0 Å². The van der Waals surface area contributed by atoms with Crippen LogP contribution in [0.15, 0.2) is 18.2 Å². The van der Waals surface area contributed by atoms with Crippen molar-refractivity contribution in [1.82, 2.24) is 0 Å². The topological polar surface area (TPSA) is 80.5 Å². The van der Waals surface area contributed by atoms with E-state index in [0.29, 0.717) is 5.56 Å². The van der Waals surface area contributed by atoms with Crippen molar-refractivity contribution in [3.05, 3.63) is 33.9 Å². The van der Waals surface area contributed by atoms with Gasteiger partial charge in [0.05, 0.1) is 10.8 Å². The summed E-state index contributed by atoms with van der Waals surface area (Å²) in [4.78, 5) is 34.8. The third kappa shape index (κ3) is 2.07. The Bertz CT molecular complexity index is 573. The zero-order valence-corrected chi connectivity index (χ0v) is 10.1. The van der Waals surface area contributed by atoms with Crippen molar-refractivity contribution in [2.75, 3.05) is 11.6 Å². The molecule has 0 N–H and O–H groups in total. The average Bonchev–Trinajstić information content (AvgIpc) is 2.64. The molecule has 1 fully saturated rings. The molecule has 2 amide bonds. The first kappa shape index (κ1) is 13.1. The summed E-state index contributed by atoms with van der Waals surface area (Å²) in [6, 6.07) is 4.24. The quantitative estimate of drug-likeness (QED) is 0.474. The summed E-state index contributed by atoms with van der Waals surface area (Å²) in [6.45, 7) is 0.617. The minimum absolute atomic E-state index is 0.0570. The highest BCUT2D eigenvalue weighted by Gasteiger charge is 2.42. The first-order chi connectivity index (χ1) is 8.97. The molecule has 1 aliphatic heterocycles. The van der Waals surface area contributed by atoms with Gasteiger partial charge in [-0.1, -0.05) is 12.1 Å². The highest BCUT2D eigenvalue weighted by atomic mass is 19.1. The smallest absolute Gasteiger partial charge is 0.274 e. The van der Waals surface area contributed by atoms with E-state index in [0.717, 1.165) is 4.90 Å². The van der Waals surface area contributed by atoms with Crippen LogP contribution in [0, 0.1) is 23.0 Å². The second-order valence-corrected chi connectivity index (χ2v) is 4.32. The van der Waals surface area contributed by atoms with Crippen LogP contribution in [0.25, 0.3) is 0 Å². The van der Waals surface area contributed by atoms with Gasteiger partial charge >= 0.3 is 0 Å². The second kappa shape index (κ2) is 4.75. The SMILES string of the molecule is Cc1cccc([N+](=O)[O-])c1N1C(=O)CC(CF)C1=O. The number of imide groups is 1. The van der Waals surface area contributed by atoms with Gasteiger partial charge in [-0.2, -0.15) is 0 Å². The molecule has 1 saturated heterocycles. The minimum atomic E-state index is -1.04. The van der Waals surface area contributed by atoms with E-state index < -0.39 is 29.3 Å². The Labute approximate surface area is 108 Å². The largest absolute Gasteiger partial charge is 0.293 e.